The van der Waals surface area contributed by atoms with Crippen LogP contribution < -0.4 is 10.6 Å². The molecule has 4 heteroatoms. The summed E-state index contributed by atoms with van der Waals surface area (Å²) < 4.78 is 0. The summed E-state index contributed by atoms with van der Waals surface area (Å²) in [7, 11) is 0. The minimum Gasteiger partial charge on any atom is -0.357 e. The van der Waals surface area contributed by atoms with E-state index in [0.717, 1.165) is 24.6 Å². The van der Waals surface area contributed by atoms with Crippen molar-refractivity contribution in [3.8, 4) is 0 Å². The fourth-order valence-electron chi connectivity index (χ4n) is 2.09. The zero-order valence-electron chi connectivity index (χ0n) is 9.45. The van der Waals surface area contributed by atoms with Crippen molar-refractivity contribution in [1.82, 2.24) is 4.98 Å². The lowest BCUT2D eigenvalue weighted by Crippen LogP contribution is -2.25. The molecule has 1 fully saturated rings. The van der Waals surface area contributed by atoms with Crippen LogP contribution in [0.4, 0.5) is 5.82 Å². The third-order valence-corrected chi connectivity index (χ3v) is 3.37. The smallest absolute Gasteiger partial charge is 0.128 e. The van der Waals surface area contributed by atoms with Gasteiger partial charge >= 0.3 is 0 Å². The van der Waals surface area contributed by atoms with E-state index >= 15 is 0 Å². The van der Waals surface area contributed by atoms with Gasteiger partial charge in [-0.05, 0) is 25.0 Å². The van der Waals surface area contributed by atoms with E-state index in [9.17, 15) is 0 Å². The van der Waals surface area contributed by atoms with Crippen LogP contribution in [0.15, 0.2) is 12.1 Å². The second kappa shape index (κ2) is 5.51. The lowest BCUT2D eigenvalue weighted by Gasteiger charge is -2.22. The Balaban J connectivity index is 2.18. The third-order valence-electron chi connectivity index (χ3n) is 3.03. The molecular weight excluding hydrogens is 222 g/mol. The van der Waals surface area contributed by atoms with E-state index in [4.69, 9.17) is 17.3 Å². The fraction of sp³-hybridized carbons (Fsp3) is 0.583. The van der Waals surface area contributed by atoms with Crippen molar-refractivity contribution < 1.29 is 0 Å². The Kier molecular flexibility index (Phi) is 4.02. The number of pyridine rings is 1. The molecule has 1 aliphatic heterocycles. The molecule has 0 amide bonds. The van der Waals surface area contributed by atoms with Crippen molar-refractivity contribution in [3.63, 3.8) is 0 Å². The van der Waals surface area contributed by atoms with E-state index in [2.05, 4.69) is 9.88 Å². The topological polar surface area (TPSA) is 42.1 Å². The van der Waals surface area contributed by atoms with Crippen LogP contribution in [0.1, 0.15) is 31.4 Å². The molecule has 0 bridgehead atoms. The van der Waals surface area contributed by atoms with Crippen LogP contribution in [0.2, 0.25) is 5.02 Å². The fourth-order valence-corrected chi connectivity index (χ4v) is 2.27. The van der Waals surface area contributed by atoms with E-state index in [1.165, 1.54) is 25.7 Å². The first-order chi connectivity index (χ1) is 7.81. The summed E-state index contributed by atoms with van der Waals surface area (Å²) in [5, 5.41) is 0.668. The summed E-state index contributed by atoms with van der Waals surface area (Å²) in [5.41, 5.74) is 6.41. The van der Waals surface area contributed by atoms with Gasteiger partial charge in [-0.2, -0.15) is 0 Å². The van der Waals surface area contributed by atoms with Gasteiger partial charge in [0.15, 0.2) is 0 Å². The molecule has 0 unspecified atom stereocenters. The lowest BCUT2D eigenvalue weighted by atomic mass is 10.2. The number of aromatic nitrogens is 1. The van der Waals surface area contributed by atoms with E-state index < -0.39 is 0 Å². The van der Waals surface area contributed by atoms with Gasteiger partial charge < -0.3 is 10.6 Å². The van der Waals surface area contributed by atoms with Crippen molar-refractivity contribution in [2.45, 2.75) is 32.2 Å². The second-order valence-electron chi connectivity index (χ2n) is 4.20. The van der Waals surface area contributed by atoms with Gasteiger partial charge in [-0.25, -0.2) is 4.98 Å². The first kappa shape index (κ1) is 11.7. The molecule has 88 valence electrons. The van der Waals surface area contributed by atoms with Gasteiger partial charge in [-0.1, -0.05) is 24.4 Å². The third kappa shape index (κ3) is 2.66. The maximum atomic E-state index is 6.01. The van der Waals surface area contributed by atoms with Crippen molar-refractivity contribution in [2.24, 2.45) is 5.73 Å². The molecule has 1 aromatic heterocycles. The van der Waals surface area contributed by atoms with Crippen molar-refractivity contribution >= 4 is 17.4 Å². The van der Waals surface area contributed by atoms with Gasteiger partial charge in [0.05, 0.1) is 10.7 Å². The quantitative estimate of drug-likeness (QED) is 0.863. The molecule has 0 aromatic carbocycles. The largest absolute Gasteiger partial charge is 0.357 e. The molecular formula is C12H18ClN3. The number of rotatable bonds is 2. The standard InChI is InChI=1S/C12H18ClN3/c13-10-5-6-12(15-11(10)9-14)16-7-3-1-2-4-8-16/h5-6H,1-4,7-9,14H2. The van der Waals surface area contributed by atoms with Crippen LogP contribution in [0, 0.1) is 0 Å². The van der Waals surface area contributed by atoms with Crippen molar-refractivity contribution in [2.75, 3.05) is 18.0 Å². The first-order valence-corrected chi connectivity index (χ1v) is 6.29. The zero-order chi connectivity index (χ0) is 11.4. The van der Waals surface area contributed by atoms with E-state index in [1.807, 2.05) is 12.1 Å². The highest BCUT2D eigenvalue weighted by Crippen LogP contribution is 2.21. The van der Waals surface area contributed by atoms with Gasteiger partial charge in [0, 0.05) is 19.6 Å². The SMILES string of the molecule is NCc1nc(N2CCCCCC2)ccc1Cl. The highest BCUT2D eigenvalue weighted by molar-refractivity contribution is 6.31. The number of nitrogens with two attached hydrogens (primary N) is 1. The average molecular weight is 240 g/mol. The van der Waals surface area contributed by atoms with Crippen molar-refractivity contribution in [3.05, 3.63) is 22.8 Å². The monoisotopic (exact) mass is 239 g/mol. The summed E-state index contributed by atoms with van der Waals surface area (Å²) in [6.45, 7) is 2.60. The molecule has 1 aliphatic rings. The van der Waals surface area contributed by atoms with Gasteiger partial charge in [0.1, 0.15) is 5.82 Å². The molecule has 16 heavy (non-hydrogen) atoms. The molecule has 3 nitrogen and oxygen atoms in total. The highest BCUT2D eigenvalue weighted by atomic mass is 35.5. The molecule has 0 radical (unpaired) electrons. The van der Waals surface area contributed by atoms with Gasteiger partial charge in [0.2, 0.25) is 0 Å². The Hall–Kier alpha value is -0.800. The van der Waals surface area contributed by atoms with Gasteiger partial charge in [-0.3, -0.25) is 0 Å². The van der Waals surface area contributed by atoms with Crippen LogP contribution in [0.3, 0.4) is 0 Å². The Morgan fingerprint density at radius 2 is 1.88 bits per heavy atom. The Morgan fingerprint density at radius 3 is 2.50 bits per heavy atom. The Bertz CT molecular complexity index is 346. The molecule has 2 N–H and O–H groups in total. The van der Waals surface area contributed by atoms with Crippen LogP contribution in [0.25, 0.3) is 0 Å². The van der Waals surface area contributed by atoms with Crippen LogP contribution in [-0.4, -0.2) is 18.1 Å². The molecule has 0 spiro atoms. The normalized spacial score (nSPS) is 17.2. The zero-order valence-corrected chi connectivity index (χ0v) is 10.2. The Labute approximate surface area is 102 Å². The highest BCUT2D eigenvalue weighted by Gasteiger charge is 2.12. The summed E-state index contributed by atoms with van der Waals surface area (Å²) >= 11 is 6.01. The molecule has 2 heterocycles. The summed E-state index contributed by atoms with van der Waals surface area (Å²) in [5.74, 6) is 1.02. The van der Waals surface area contributed by atoms with Crippen LogP contribution in [0.5, 0.6) is 0 Å². The van der Waals surface area contributed by atoms with E-state index in [-0.39, 0.29) is 0 Å². The van der Waals surface area contributed by atoms with Crippen molar-refractivity contribution in [1.29, 1.82) is 0 Å². The summed E-state index contributed by atoms with van der Waals surface area (Å²) in [4.78, 5) is 6.86. The number of anilines is 1. The second-order valence-corrected chi connectivity index (χ2v) is 4.61. The Morgan fingerprint density at radius 1 is 1.19 bits per heavy atom. The summed E-state index contributed by atoms with van der Waals surface area (Å²) in [6.07, 6.45) is 5.16. The number of hydrogen-bond donors (Lipinski definition) is 1. The minimum absolute atomic E-state index is 0.403. The molecule has 0 atom stereocenters. The first-order valence-electron chi connectivity index (χ1n) is 5.91. The maximum Gasteiger partial charge on any atom is 0.128 e. The molecule has 1 saturated heterocycles. The molecule has 2 rings (SSSR count). The van der Waals surface area contributed by atoms with E-state index in [0.29, 0.717) is 11.6 Å². The predicted molar refractivity (Wildman–Crippen MR) is 67.8 cm³/mol. The van der Waals surface area contributed by atoms with Crippen LogP contribution >= 0.6 is 11.6 Å². The van der Waals surface area contributed by atoms with Gasteiger partial charge in [0.25, 0.3) is 0 Å². The lowest BCUT2D eigenvalue weighted by molar-refractivity contribution is 0.726. The van der Waals surface area contributed by atoms with E-state index in [1.54, 1.807) is 0 Å². The number of hydrogen-bond acceptors (Lipinski definition) is 3. The van der Waals surface area contributed by atoms with Crippen LogP contribution in [-0.2, 0) is 6.54 Å². The minimum atomic E-state index is 0.403. The maximum absolute atomic E-state index is 6.01. The van der Waals surface area contributed by atoms with Gasteiger partial charge in [-0.15, -0.1) is 0 Å². The molecule has 0 aliphatic carbocycles. The average Bonchev–Trinajstić information content (AvgIpc) is 2.58. The number of halogens is 1. The number of nitrogens with zero attached hydrogens (tertiary/aromatic N) is 2. The predicted octanol–water partition coefficient (Wildman–Crippen LogP) is 2.57. The molecule has 1 aromatic rings. The summed E-state index contributed by atoms with van der Waals surface area (Å²) in [6, 6.07) is 3.89. The molecule has 0 saturated carbocycles.